The quantitative estimate of drug-likeness (QED) is 0.659. The first-order valence-electron chi connectivity index (χ1n) is 5.22. The van der Waals surface area contributed by atoms with Crippen molar-refractivity contribution in [2.45, 2.75) is 0 Å². The maximum atomic E-state index is 11.4. The minimum atomic E-state index is -1.15. The van der Waals surface area contributed by atoms with Crippen LogP contribution in [-0.2, 0) is 4.79 Å². The van der Waals surface area contributed by atoms with Crippen LogP contribution in [-0.4, -0.2) is 36.6 Å². The molecule has 0 unspecified atom stereocenters. The topological polar surface area (TPSA) is 108 Å². The summed E-state index contributed by atoms with van der Waals surface area (Å²) in [6, 6.07) is 3.39. The van der Waals surface area contributed by atoms with E-state index >= 15 is 0 Å². The molecule has 3 amide bonds. The summed E-state index contributed by atoms with van der Waals surface area (Å²) < 4.78 is 0. The zero-order valence-electron chi connectivity index (χ0n) is 9.99. The van der Waals surface area contributed by atoms with Crippen LogP contribution in [0.15, 0.2) is 18.2 Å². The summed E-state index contributed by atoms with van der Waals surface area (Å²) in [7, 11) is 1.45. The first kappa shape index (κ1) is 14.8. The Bertz CT molecular complexity index is 519. The second kappa shape index (κ2) is 6.60. The second-order valence-electron chi connectivity index (χ2n) is 3.48. The number of hydrogen-bond donors (Lipinski definition) is 4. The first-order chi connectivity index (χ1) is 8.93. The van der Waals surface area contributed by atoms with Gasteiger partial charge >= 0.3 is 12.0 Å². The molecule has 0 bridgehead atoms. The van der Waals surface area contributed by atoms with Crippen LogP contribution in [0.2, 0.25) is 5.02 Å². The third kappa shape index (κ3) is 4.47. The van der Waals surface area contributed by atoms with Gasteiger partial charge in [0.1, 0.15) is 0 Å². The fraction of sp³-hybridized carbons (Fsp3) is 0.182. The van der Waals surface area contributed by atoms with Crippen LogP contribution in [0.3, 0.4) is 0 Å². The highest BCUT2D eigenvalue weighted by Gasteiger charge is 2.10. The van der Waals surface area contributed by atoms with E-state index in [9.17, 15) is 14.4 Å². The molecule has 0 aliphatic rings. The van der Waals surface area contributed by atoms with Crippen molar-refractivity contribution in [3.05, 3.63) is 28.8 Å². The minimum absolute atomic E-state index is 0.0107. The van der Waals surface area contributed by atoms with E-state index in [1.54, 1.807) is 0 Å². The number of amides is 3. The average molecular weight is 286 g/mol. The van der Waals surface area contributed by atoms with E-state index in [2.05, 4.69) is 16.0 Å². The van der Waals surface area contributed by atoms with E-state index in [1.807, 2.05) is 0 Å². The Morgan fingerprint density at radius 1 is 1.32 bits per heavy atom. The van der Waals surface area contributed by atoms with Crippen LogP contribution in [0.4, 0.5) is 10.5 Å². The number of carboxylic acids is 1. The normalized spacial score (nSPS) is 9.58. The number of halogens is 1. The number of benzene rings is 1. The number of urea groups is 1. The van der Waals surface area contributed by atoms with Crippen molar-refractivity contribution in [2.24, 2.45) is 0 Å². The highest BCUT2D eigenvalue weighted by atomic mass is 35.5. The van der Waals surface area contributed by atoms with E-state index in [0.717, 1.165) is 0 Å². The Kier molecular flexibility index (Phi) is 5.13. The van der Waals surface area contributed by atoms with Crippen molar-refractivity contribution in [3.63, 3.8) is 0 Å². The molecule has 8 heteroatoms. The summed E-state index contributed by atoms with van der Waals surface area (Å²) in [6.45, 7) is -0.163. The maximum Gasteiger partial charge on any atom is 0.337 e. The molecule has 7 nitrogen and oxygen atoms in total. The Morgan fingerprint density at radius 2 is 2.00 bits per heavy atom. The number of carbonyl (C=O) groups is 3. The van der Waals surface area contributed by atoms with Gasteiger partial charge in [0.05, 0.1) is 17.1 Å². The van der Waals surface area contributed by atoms with E-state index in [-0.39, 0.29) is 23.0 Å². The number of likely N-dealkylation sites (N-methyl/N-ethyl adjacent to an activating group) is 1. The number of rotatable bonds is 4. The van der Waals surface area contributed by atoms with E-state index in [4.69, 9.17) is 16.7 Å². The summed E-state index contributed by atoms with van der Waals surface area (Å²) in [5.41, 5.74) is 0.266. The molecular formula is C11H12ClN3O4. The highest BCUT2D eigenvalue weighted by molar-refractivity contribution is 6.33. The van der Waals surface area contributed by atoms with Gasteiger partial charge in [-0.1, -0.05) is 11.6 Å². The molecule has 4 N–H and O–H groups in total. The van der Waals surface area contributed by atoms with Crippen LogP contribution in [0, 0.1) is 0 Å². The molecule has 0 radical (unpaired) electrons. The molecule has 0 saturated heterocycles. The van der Waals surface area contributed by atoms with Crippen molar-refractivity contribution in [3.8, 4) is 0 Å². The summed E-state index contributed by atoms with van der Waals surface area (Å²) >= 11 is 5.74. The van der Waals surface area contributed by atoms with E-state index in [1.165, 1.54) is 25.2 Å². The number of carboxylic acid groups (broad SMARTS) is 1. The van der Waals surface area contributed by atoms with Crippen molar-refractivity contribution in [1.29, 1.82) is 0 Å². The summed E-state index contributed by atoms with van der Waals surface area (Å²) in [5.74, 6) is -1.49. The van der Waals surface area contributed by atoms with Gasteiger partial charge in [0.2, 0.25) is 5.91 Å². The highest BCUT2D eigenvalue weighted by Crippen LogP contribution is 2.20. The van der Waals surface area contributed by atoms with Gasteiger partial charge in [0, 0.05) is 12.7 Å². The molecule has 0 fully saturated rings. The van der Waals surface area contributed by atoms with E-state index < -0.39 is 12.0 Å². The van der Waals surface area contributed by atoms with Crippen molar-refractivity contribution < 1.29 is 19.5 Å². The lowest BCUT2D eigenvalue weighted by Crippen LogP contribution is -2.37. The van der Waals surface area contributed by atoms with Crippen LogP contribution in [0.1, 0.15) is 10.4 Å². The fourth-order valence-electron chi connectivity index (χ4n) is 1.19. The molecule has 0 saturated carbocycles. The lowest BCUT2D eigenvalue weighted by molar-refractivity contribution is -0.119. The number of anilines is 1. The van der Waals surface area contributed by atoms with Crippen LogP contribution in [0.25, 0.3) is 0 Å². The number of carbonyl (C=O) groups excluding carboxylic acids is 2. The monoisotopic (exact) mass is 285 g/mol. The molecule has 1 rings (SSSR count). The lowest BCUT2D eigenvalue weighted by Gasteiger charge is -2.08. The molecule has 0 aromatic heterocycles. The molecular weight excluding hydrogens is 274 g/mol. The predicted octanol–water partition coefficient (Wildman–Crippen LogP) is 0.906. The molecule has 102 valence electrons. The van der Waals surface area contributed by atoms with Gasteiger partial charge in [-0.2, -0.15) is 0 Å². The SMILES string of the molecule is CNC(=O)CNC(=O)Nc1ccc(C(=O)O)c(Cl)c1. The zero-order valence-corrected chi connectivity index (χ0v) is 10.7. The maximum absolute atomic E-state index is 11.4. The molecule has 1 aromatic rings. The van der Waals surface area contributed by atoms with Crippen molar-refractivity contribution >= 4 is 35.2 Å². The second-order valence-corrected chi connectivity index (χ2v) is 3.89. The van der Waals surface area contributed by atoms with E-state index in [0.29, 0.717) is 5.69 Å². The van der Waals surface area contributed by atoms with Gasteiger partial charge in [-0.05, 0) is 18.2 Å². The number of hydrogen-bond acceptors (Lipinski definition) is 3. The lowest BCUT2D eigenvalue weighted by atomic mass is 10.2. The third-order valence-electron chi connectivity index (χ3n) is 2.15. The van der Waals surface area contributed by atoms with Crippen molar-refractivity contribution in [2.75, 3.05) is 18.9 Å². The van der Waals surface area contributed by atoms with Gasteiger partial charge in [-0.25, -0.2) is 9.59 Å². The largest absolute Gasteiger partial charge is 0.478 e. The molecule has 0 aliphatic carbocycles. The van der Waals surface area contributed by atoms with Gasteiger partial charge in [0.25, 0.3) is 0 Å². The van der Waals surface area contributed by atoms with Crippen LogP contribution >= 0.6 is 11.6 Å². The standard InChI is InChI=1S/C11H12ClN3O4/c1-13-9(16)5-14-11(19)15-6-2-3-7(10(17)18)8(12)4-6/h2-4H,5H2,1H3,(H,13,16)(H,17,18)(H2,14,15,19). The number of aromatic carboxylic acids is 1. The molecule has 0 spiro atoms. The number of nitrogens with one attached hydrogen (secondary N) is 3. The predicted molar refractivity (Wildman–Crippen MR) is 69.5 cm³/mol. The Balaban J connectivity index is 2.63. The first-order valence-corrected chi connectivity index (χ1v) is 5.60. The molecule has 0 heterocycles. The van der Waals surface area contributed by atoms with Gasteiger partial charge in [0.15, 0.2) is 0 Å². The molecule has 1 aromatic carbocycles. The Hall–Kier alpha value is -2.28. The average Bonchev–Trinajstić information content (AvgIpc) is 2.35. The van der Waals surface area contributed by atoms with Crippen LogP contribution < -0.4 is 16.0 Å². The smallest absolute Gasteiger partial charge is 0.337 e. The summed E-state index contributed by atoms with van der Waals surface area (Å²) in [5, 5.41) is 15.9. The Labute approximate surface area is 113 Å². The van der Waals surface area contributed by atoms with Gasteiger partial charge < -0.3 is 21.1 Å². The van der Waals surface area contributed by atoms with Gasteiger partial charge in [-0.15, -0.1) is 0 Å². The summed E-state index contributed by atoms with van der Waals surface area (Å²) in [4.78, 5) is 33.0. The van der Waals surface area contributed by atoms with Crippen LogP contribution in [0.5, 0.6) is 0 Å². The van der Waals surface area contributed by atoms with Crippen molar-refractivity contribution in [1.82, 2.24) is 10.6 Å². The summed E-state index contributed by atoms with van der Waals surface area (Å²) in [6.07, 6.45) is 0. The van der Waals surface area contributed by atoms with Gasteiger partial charge in [-0.3, -0.25) is 4.79 Å². The molecule has 0 aliphatic heterocycles. The molecule has 19 heavy (non-hydrogen) atoms. The third-order valence-corrected chi connectivity index (χ3v) is 2.46. The zero-order chi connectivity index (χ0) is 14.4. The molecule has 0 atom stereocenters. The fourth-order valence-corrected chi connectivity index (χ4v) is 1.45. The minimum Gasteiger partial charge on any atom is -0.478 e. The Morgan fingerprint density at radius 3 is 2.53 bits per heavy atom.